The first-order valence-electron chi connectivity index (χ1n) is 11.9. The van der Waals surface area contributed by atoms with Crippen molar-refractivity contribution in [1.82, 2.24) is 10.6 Å². The van der Waals surface area contributed by atoms with E-state index in [4.69, 9.17) is 0 Å². The minimum atomic E-state index is -0.352. The smallest absolute Gasteiger partial charge is 0.305 e. The maximum atomic E-state index is 13.4. The molecule has 0 bridgehead atoms. The van der Waals surface area contributed by atoms with Crippen molar-refractivity contribution in [2.24, 2.45) is 0 Å². The van der Waals surface area contributed by atoms with Crippen LogP contribution in [0.3, 0.4) is 0 Å². The Labute approximate surface area is 205 Å². The largest absolute Gasteiger partial charge is 0.469 e. The van der Waals surface area contributed by atoms with Crippen LogP contribution < -0.4 is 10.6 Å². The van der Waals surface area contributed by atoms with E-state index in [1.165, 1.54) is 25.3 Å². The third kappa shape index (κ3) is 9.20. The quantitative estimate of drug-likeness (QED) is 0.204. The summed E-state index contributed by atoms with van der Waals surface area (Å²) in [5, 5.41) is 5.81. The number of carbonyl (C=O) groups is 3. The zero-order valence-electron chi connectivity index (χ0n) is 19.9. The summed E-state index contributed by atoms with van der Waals surface area (Å²) in [6, 6.07) is 13.6. The van der Waals surface area contributed by atoms with E-state index in [-0.39, 0.29) is 29.6 Å². The maximum absolute atomic E-state index is 13.4. The van der Waals surface area contributed by atoms with E-state index in [1.54, 1.807) is 24.3 Å². The van der Waals surface area contributed by atoms with Crippen LogP contribution in [0.1, 0.15) is 55.2 Å². The lowest BCUT2D eigenvalue weighted by Crippen LogP contribution is -2.26. The number of hydrogen-bond acceptors (Lipinski definition) is 4. The van der Waals surface area contributed by atoms with Crippen molar-refractivity contribution in [2.45, 2.75) is 44.6 Å². The van der Waals surface area contributed by atoms with Gasteiger partial charge in [-0.3, -0.25) is 14.4 Å². The van der Waals surface area contributed by atoms with Gasteiger partial charge in [0.25, 0.3) is 5.91 Å². The van der Waals surface area contributed by atoms with Crippen LogP contribution in [-0.2, 0) is 19.1 Å². The van der Waals surface area contributed by atoms with E-state index in [9.17, 15) is 18.8 Å². The van der Waals surface area contributed by atoms with Gasteiger partial charge < -0.3 is 15.4 Å². The predicted octanol–water partition coefficient (Wildman–Crippen LogP) is 4.51. The number of halogens is 1. The zero-order chi connectivity index (χ0) is 25.0. The summed E-state index contributed by atoms with van der Waals surface area (Å²) in [5.74, 6) is -0.927. The summed E-state index contributed by atoms with van der Waals surface area (Å²) in [5.41, 5.74) is 2.80. The van der Waals surface area contributed by atoms with Gasteiger partial charge in [0.2, 0.25) is 5.91 Å². The summed E-state index contributed by atoms with van der Waals surface area (Å²) in [6.45, 7) is 0.545. The highest BCUT2D eigenvalue weighted by molar-refractivity contribution is 6.24. The number of ether oxygens (including phenoxy) is 1. The molecule has 2 amide bonds. The third-order valence-corrected chi connectivity index (χ3v) is 5.57. The number of methoxy groups -OCH3 is 1. The van der Waals surface area contributed by atoms with E-state index >= 15 is 0 Å². The molecular formula is C28H31FN2O4. The molecule has 1 aliphatic rings. The van der Waals surface area contributed by atoms with Crippen molar-refractivity contribution in [3.63, 3.8) is 0 Å². The van der Waals surface area contributed by atoms with Crippen molar-refractivity contribution in [1.29, 1.82) is 0 Å². The zero-order valence-corrected chi connectivity index (χ0v) is 19.9. The summed E-state index contributed by atoms with van der Waals surface area (Å²) < 4.78 is 18.0. The summed E-state index contributed by atoms with van der Waals surface area (Å²) in [4.78, 5) is 35.8. The highest BCUT2D eigenvalue weighted by Crippen LogP contribution is 2.24. The summed E-state index contributed by atoms with van der Waals surface area (Å²) >= 11 is 0. The molecule has 1 saturated carbocycles. The van der Waals surface area contributed by atoms with Gasteiger partial charge in [0.15, 0.2) is 0 Å². The van der Waals surface area contributed by atoms with Crippen molar-refractivity contribution in [3.05, 3.63) is 77.1 Å². The van der Waals surface area contributed by atoms with Crippen molar-refractivity contribution < 1.29 is 23.5 Å². The molecule has 2 aromatic rings. The normalized spacial score (nSPS) is 13.5. The van der Waals surface area contributed by atoms with Gasteiger partial charge >= 0.3 is 5.97 Å². The third-order valence-electron chi connectivity index (χ3n) is 5.57. The Morgan fingerprint density at radius 2 is 1.66 bits per heavy atom. The van der Waals surface area contributed by atoms with E-state index in [0.29, 0.717) is 24.1 Å². The molecule has 2 N–H and O–H groups in total. The minimum absolute atomic E-state index is 0.176. The number of benzene rings is 2. The molecule has 2 aromatic carbocycles. The Hall–Kier alpha value is -3.74. The Bertz CT molecular complexity index is 1070. The lowest BCUT2D eigenvalue weighted by atomic mass is 10.0. The molecule has 0 aliphatic heterocycles. The topological polar surface area (TPSA) is 84.5 Å². The molecule has 184 valence electrons. The van der Waals surface area contributed by atoms with E-state index in [1.807, 2.05) is 24.3 Å². The van der Waals surface area contributed by atoms with Crippen LogP contribution in [0.15, 0.2) is 54.6 Å². The van der Waals surface area contributed by atoms with Crippen molar-refractivity contribution in [2.75, 3.05) is 13.7 Å². The van der Waals surface area contributed by atoms with Crippen LogP contribution >= 0.6 is 0 Å². The van der Waals surface area contributed by atoms with Crippen molar-refractivity contribution >= 4 is 35.5 Å². The molecule has 1 fully saturated rings. The SMILES string of the molecule is COC(=O)CCCCCNC(=O)C=Cc1ccc(C=C(C(=O)NC2CC2)c2ccc(F)cc2)cc1. The first kappa shape index (κ1) is 25.9. The van der Waals surface area contributed by atoms with Gasteiger partial charge in [-0.15, -0.1) is 0 Å². The van der Waals surface area contributed by atoms with Crippen LogP contribution in [0.5, 0.6) is 0 Å². The van der Waals surface area contributed by atoms with Gasteiger partial charge in [0.1, 0.15) is 5.82 Å². The molecule has 0 heterocycles. The highest BCUT2D eigenvalue weighted by atomic mass is 19.1. The summed E-state index contributed by atoms with van der Waals surface area (Å²) in [7, 11) is 1.37. The fourth-order valence-electron chi connectivity index (χ4n) is 3.39. The Balaban J connectivity index is 1.54. The standard InChI is InChI=1S/C28H31FN2O4/c1-35-27(33)5-3-2-4-18-30-26(32)17-10-20-6-8-21(9-7-20)19-25(28(34)31-24-15-16-24)22-11-13-23(29)14-12-22/h6-14,17,19,24H,2-5,15-16,18H2,1H3,(H,30,32)(H,31,34). The molecule has 1 aliphatic carbocycles. The minimum Gasteiger partial charge on any atom is -0.469 e. The van der Waals surface area contributed by atoms with Gasteiger partial charge in [0, 0.05) is 30.7 Å². The van der Waals surface area contributed by atoms with Gasteiger partial charge in [-0.1, -0.05) is 42.8 Å². The average Bonchev–Trinajstić information content (AvgIpc) is 3.68. The Morgan fingerprint density at radius 1 is 0.971 bits per heavy atom. The maximum Gasteiger partial charge on any atom is 0.305 e. The summed E-state index contributed by atoms with van der Waals surface area (Å²) in [6.07, 6.45) is 9.71. The van der Waals surface area contributed by atoms with Crippen LogP contribution in [0.4, 0.5) is 4.39 Å². The molecule has 35 heavy (non-hydrogen) atoms. The van der Waals surface area contributed by atoms with Gasteiger partial charge in [-0.2, -0.15) is 0 Å². The number of esters is 1. The first-order valence-corrected chi connectivity index (χ1v) is 11.9. The second kappa shape index (κ2) is 13.2. The average molecular weight is 479 g/mol. The molecule has 0 spiro atoms. The Kier molecular flexibility index (Phi) is 9.78. The number of nitrogens with one attached hydrogen (secondary N) is 2. The van der Waals surface area contributed by atoms with E-state index < -0.39 is 0 Å². The number of unbranched alkanes of at least 4 members (excludes halogenated alkanes) is 2. The molecule has 0 unspecified atom stereocenters. The molecule has 0 radical (unpaired) electrons. The lowest BCUT2D eigenvalue weighted by Gasteiger charge is -2.09. The predicted molar refractivity (Wildman–Crippen MR) is 134 cm³/mol. The molecule has 0 atom stereocenters. The monoisotopic (exact) mass is 478 g/mol. The van der Waals surface area contributed by atoms with Crippen LogP contribution in [0.2, 0.25) is 0 Å². The van der Waals surface area contributed by atoms with Gasteiger partial charge in [-0.25, -0.2) is 4.39 Å². The highest BCUT2D eigenvalue weighted by Gasteiger charge is 2.25. The molecule has 6 nitrogen and oxygen atoms in total. The lowest BCUT2D eigenvalue weighted by molar-refractivity contribution is -0.140. The van der Waals surface area contributed by atoms with Gasteiger partial charge in [-0.05, 0) is 66.7 Å². The van der Waals surface area contributed by atoms with Crippen molar-refractivity contribution in [3.8, 4) is 0 Å². The first-order chi connectivity index (χ1) is 16.9. The van der Waals surface area contributed by atoms with Crippen LogP contribution in [0, 0.1) is 5.82 Å². The molecular weight excluding hydrogens is 447 g/mol. The molecule has 0 saturated heterocycles. The van der Waals surface area contributed by atoms with Crippen LogP contribution in [-0.4, -0.2) is 37.5 Å². The molecule has 0 aromatic heterocycles. The number of carbonyl (C=O) groups excluding carboxylic acids is 3. The fourth-order valence-corrected chi connectivity index (χ4v) is 3.39. The number of hydrogen-bond donors (Lipinski definition) is 2. The number of rotatable bonds is 12. The second-order valence-corrected chi connectivity index (χ2v) is 8.49. The Morgan fingerprint density at radius 3 is 2.31 bits per heavy atom. The number of amides is 2. The fraction of sp³-hybridized carbons (Fsp3) is 0.321. The van der Waals surface area contributed by atoms with E-state index in [2.05, 4.69) is 15.4 Å². The second-order valence-electron chi connectivity index (χ2n) is 8.49. The van der Waals surface area contributed by atoms with E-state index in [0.717, 1.165) is 43.2 Å². The van der Waals surface area contributed by atoms with Crippen LogP contribution in [0.25, 0.3) is 17.7 Å². The molecule has 3 rings (SSSR count). The van der Waals surface area contributed by atoms with Gasteiger partial charge in [0.05, 0.1) is 7.11 Å². The molecule has 7 heteroatoms.